The number of aliphatic hydroxyl groups excluding tert-OH is 4. The molecule has 4 N–H and O–H groups in total. The van der Waals surface area contributed by atoms with Gasteiger partial charge in [-0.05, 0) is 52.0 Å². The molecule has 0 amide bonds. The van der Waals surface area contributed by atoms with E-state index in [0.717, 1.165) is 109 Å². The second-order valence-electron chi connectivity index (χ2n) is 26.5. The topological polar surface area (TPSA) is 120 Å². The quantitative estimate of drug-likeness (QED) is 0.0264. The Morgan fingerprint density at radius 3 is 1.04 bits per heavy atom. The van der Waals surface area contributed by atoms with Crippen molar-refractivity contribution in [3.8, 4) is 0 Å². The number of esters is 1. The summed E-state index contributed by atoms with van der Waals surface area (Å²) in [5, 5.41) is 44.6. The molecule has 1 aliphatic heterocycles. The van der Waals surface area contributed by atoms with Gasteiger partial charge in [0.2, 0.25) is 0 Å². The van der Waals surface area contributed by atoms with E-state index in [-0.39, 0.29) is 18.2 Å². The summed E-state index contributed by atoms with van der Waals surface area (Å²) < 4.78 is 5.76. The first-order valence-electron chi connectivity index (χ1n) is 37.1. The van der Waals surface area contributed by atoms with Crippen LogP contribution in [-0.2, 0) is 9.53 Å². The fraction of sp³-hybridized carbons (Fsp3) is 0.986. The highest BCUT2D eigenvalue weighted by Gasteiger charge is 2.22. The van der Waals surface area contributed by atoms with E-state index in [2.05, 4.69) is 54.2 Å². The van der Waals surface area contributed by atoms with E-state index in [1.165, 1.54) is 231 Å². The molecule has 84 heavy (non-hydrogen) atoms. The monoisotopic (exact) mass is 1230 g/mol. The molecular formula is C72H146N4O6S2. The van der Waals surface area contributed by atoms with Crippen molar-refractivity contribution in [3.63, 3.8) is 0 Å². The smallest absolute Gasteiger partial charge is 0.305 e. The number of carbonyl (C=O) groups excluding carboxylic acids is 1. The summed E-state index contributed by atoms with van der Waals surface area (Å²) in [6, 6.07) is 0.322. The maximum Gasteiger partial charge on any atom is 0.305 e. The molecule has 5 unspecified atom stereocenters. The van der Waals surface area contributed by atoms with Gasteiger partial charge in [-0.3, -0.25) is 24.4 Å². The van der Waals surface area contributed by atoms with Crippen molar-refractivity contribution in [1.29, 1.82) is 0 Å². The lowest BCUT2D eigenvalue weighted by atomic mass is 10.0. The summed E-state index contributed by atoms with van der Waals surface area (Å²) in [7, 11) is 3.96. The second kappa shape index (κ2) is 63.0. The van der Waals surface area contributed by atoms with Crippen LogP contribution < -0.4 is 0 Å². The molecule has 0 spiro atoms. The Hall–Kier alpha value is -0.150. The van der Waals surface area contributed by atoms with Crippen molar-refractivity contribution in [3.05, 3.63) is 0 Å². The van der Waals surface area contributed by atoms with Crippen LogP contribution in [-0.4, -0.2) is 167 Å². The van der Waals surface area contributed by atoms with Crippen molar-refractivity contribution in [1.82, 2.24) is 19.6 Å². The highest BCUT2D eigenvalue weighted by molar-refractivity contribution is 8.76. The number of rotatable bonds is 67. The molecular weight excluding hydrogens is 1080 g/mol. The number of hydrogen-bond donors (Lipinski definition) is 4. The predicted octanol–water partition coefficient (Wildman–Crippen LogP) is 18.4. The van der Waals surface area contributed by atoms with Gasteiger partial charge in [0, 0.05) is 89.4 Å². The van der Waals surface area contributed by atoms with Crippen LogP contribution in [0.1, 0.15) is 336 Å². The second-order valence-corrected chi connectivity index (χ2v) is 29.2. The highest BCUT2D eigenvalue weighted by Crippen LogP contribution is 2.25. The van der Waals surface area contributed by atoms with Gasteiger partial charge in [0.1, 0.15) is 6.61 Å². The number of aliphatic hydroxyl groups is 4. The van der Waals surface area contributed by atoms with Crippen LogP contribution in [0, 0.1) is 0 Å². The Balaban J connectivity index is 2.43. The van der Waals surface area contributed by atoms with Crippen LogP contribution in [0.15, 0.2) is 0 Å². The van der Waals surface area contributed by atoms with Gasteiger partial charge in [-0.2, -0.15) is 0 Å². The number of hydrogen-bond acceptors (Lipinski definition) is 12. The molecule has 0 aromatic carbocycles. The fourth-order valence-electron chi connectivity index (χ4n) is 12.4. The van der Waals surface area contributed by atoms with Gasteiger partial charge in [0.05, 0.1) is 24.4 Å². The molecule has 0 radical (unpaired) electrons. The average molecular weight is 1230 g/mol. The third kappa shape index (κ3) is 54.8. The van der Waals surface area contributed by atoms with Gasteiger partial charge in [0.15, 0.2) is 0 Å². The molecule has 12 heteroatoms. The van der Waals surface area contributed by atoms with Gasteiger partial charge in [-0.25, -0.2) is 0 Å². The zero-order valence-corrected chi connectivity index (χ0v) is 58.4. The van der Waals surface area contributed by atoms with Crippen molar-refractivity contribution >= 4 is 27.6 Å². The lowest BCUT2D eigenvalue weighted by molar-refractivity contribution is -0.144. The lowest BCUT2D eigenvalue weighted by Gasteiger charge is -2.34. The maximum atomic E-state index is 12.9. The summed E-state index contributed by atoms with van der Waals surface area (Å²) in [5.74, 6) is 2.03. The molecule has 1 fully saturated rings. The number of piperazine rings is 1. The van der Waals surface area contributed by atoms with Crippen LogP contribution in [0.2, 0.25) is 0 Å². The normalized spacial score (nSPS) is 15.4. The lowest BCUT2D eigenvalue weighted by Crippen LogP contribution is -2.47. The van der Waals surface area contributed by atoms with Gasteiger partial charge in [-0.15, -0.1) is 0 Å². The number of nitrogens with zero attached hydrogens (tertiary/aromatic N) is 4. The summed E-state index contributed by atoms with van der Waals surface area (Å²) in [5.41, 5.74) is 0. The minimum atomic E-state index is -0.407. The van der Waals surface area contributed by atoms with Gasteiger partial charge in [0.25, 0.3) is 0 Å². The summed E-state index contributed by atoms with van der Waals surface area (Å²) in [6.07, 6.45) is 55.8. The number of unbranched alkanes of at least 4 members (excludes halogenated alkanes) is 36. The van der Waals surface area contributed by atoms with E-state index in [9.17, 15) is 25.2 Å². The molecule has 0 aromatic heterocycles. The molecule has 0 aliphatic carbocycles. The molecule has 0 bridgehead atoms. The Kier molecular flexibility index (Phi) is 61.4. The van der Waals surface area contributed by atoms with Gasteiger partial charge >= 0.3 is 5.97 Å². The van der Waals surface area contributed by atoms with Crippen molar-refractivity contribution in [2.24, 2.45) is 0 Å². The van der Waals surface area contributed by atoms with Crippen LogP contribution in [0.3, 0.4) is 0 Å². The number of carbonyl (C=O) groups is 1. The van der Waals surface area contributed by atoms with Crippen LogP contribution in [0.25, 0.3) is 0 Å². The summed E-state index contributed by atoms with van der Waals surface area (Å²) in [6.45, 7) is 20.9. The van der Waals surface area contributed by atoms with Crippen molar-refractivity contribution < 1.29 is 30.0 Å². The predicted molar refractivity (Wildman–Crippen MR) is 370 cm³/mol. The summed E-state index contributed by atoms with van der Waals surface area (Å²) >= 11 is 0. The first-order valence-corrected chi connectivity index (χ1v) is 39.6. The standard InChI is InChI=1S/C72H146N4O6S2/c1-6-10-14-18-22-26-30-34-38-42-47-68(77)63-75(64-69(78)48-43-39-35-31-27-23-19-15-11-7-2)53-46-51-72(81)82-60-58-73-54-56-74(57-55-73)59-62-84-83-61-52-67(5)76(65-70(79)49-44-40-36-32-28-24-20-16-12-8-3)66-71(80)50-45-41-37-33-29-25-21-17-13-9-4/h67-71,77-80H,6-66H2,1-5H3. The van der Waals surface area contributed by atoms with E-state index in [1.807, 2.05) is 21.6 Å². The Labute approximate surface area is 531 Å². The molecule has 0 saturated carbocycles. The molecule has 1 aliphatic rings. The highest BCUT2D eigenvalue weighted by atomic mass is 33.1. The first kappa shape index (κ1) is 81.9. The Bertz CT molecular complexity index is 1270. The molecule has 5 atom stereocenters. The zero-order valence-electron chi connectivity index (χ0n) is 56.7. The average Bonchev–Trinajstić information content (AvgIpc) is 3.62. The van der Waals surface area contributed by atoms with E-state index >= 15 is 0 Å². The first-order chi connectivity index (χ1) is 41.1. The molecule has 10 nitrogen and oxygen atoms in total. The molecule has 1 rings (SSSR count). The molecule has 502 valence electrons. The largest absolute Gasteiger partial charge is 0.464 e. The molecule has 1 saturated heterocycles. The number of ether oxygens (including phenoxy) is 1. The minimum absolute atomic E-state index is 0.142. The van der Waals surface area contributed by atoms with Gasteiger partial charge < -0.3 is 25.2 Å². The maximum absolute atomic E-state index is 12.9. The van der Waals surface area contributed by atoms with Crippen molar-refractivity contribution in [2.45, 2.75) is 367 Å². The van der Waals surface area contributed by atoms with Crippen LogP contribution in [0.5, 0.6) is 0 Å². The molecule has 0 aromatic rings. The summed E-state index contributed by atoms with van der Waals surface area (Å²) in [4.78, 5) is 22.5. The zero-order chi connectivity index (χ0) is 61.0. The van der Waals surface area contributed by atoms with Gasteiger partial charge in [-0.1, -0.05) is 306 Å². The Morgan fingerprint density at radius 1 is 0.393 bits per heavy atom. The molecule has 1 heterocycles. The van der Waals surface area contributed by atoms with Crippen LogP contribution >= 0.6 is 21.6 Å². The SMILES string of the molecule is CCCCCCCCCCCCC(O)CN(CCCC(=O)OCCN1CCN(CCSSCCC(C)N(CC(O)CCCCCCCCCCCC)CC(O)CCCCCCCCCCCC)CC1)CC(O)CCCCCCCCCCCC. The third-order valence-electron chi connectivity index (χ3n) is 18.2. The minimum Gasteiger partial charge on any atom is -0.464 e. The van der Waals surface area contributed by atoms with E-state index in [1.54, 1.807) is 0 Å². The van der Waals surface area contributed by atoms with E-state index < -0.39 is 12.2 Å². The van der Waals surface area contributed by atoms with Crippen LogP contribution in [0.4, 0.5) is 0 Å². The van der Waals surface area contributed by atoms with E-state index in [4.69, 9.17) is 4.74 Å². The van der Waals surface area contributed by atoms with Crippen molar-refractivity contribution in [2.75, 3.05) is 90.1 Å². The fourth-order valence-corrected chi connectivity index (χ4v) is 14.6. The van der Waals surface area contributed by atoms with E-state index in [0.29, 0.717) is 58.2 Å². The third-order valence-corrected chi connectivity index (χ3v) is 20.6. The Morgan fingerprint density at radius 2 is 0.690 bits per heavy atom.